The molecule has 4 rings (SSSR count). The van der Waals surface area contributed by atoms with Gasteiger partial charge in [0.05, 0.1) is 20.3 Å². The third-order valence-electron chi connectivity index (χ3n) is 4.94. The minimum Gasteiger partial charge on any atom is -0.497 e. The van der Waals surface area contributed by atoms with Crippen molar-refractivity contribution < 1.29 is 14.3 Å². The molecular weight excluding hydrogens is 338 g/mol. The maximum absolute atomic E-state index is 13.0. The van der Waals surface area contributed by atoms with E-state index in [2.05, 4.69) is 0 Å². The number of ketones is 1. The van der Waals surface area contributed by atoms with Gasteiger partial charge in [-0.1, -0.05) is 48.5 Å². The highest BCUT2D eigenvalue weighted by atomic mass is 16.5. The predicted molar refractivity (Wildman–Crippen MR) is 104 cm³/mol. The van der Waals surface area contributed by atoms with E-state index in [9.17, 15) is 4.79 Å². The average Bonchev–Trinajstić information content (AvgIpc) is 3.02. The molecule has 4 nitrogen and oxygen atoms in total. The molecule has 2 aromatic rings. The van der Waals surface area contributed by atoms with Crippen LogP contribution >= 0.6 is 0 Å². The van der Waals surface area contributed by atoms with E-state index in [0.717, 1.165) is 22.6 Å². The molecule has 0 spiro atoms. The molecule has 0 radical (unpaired) electrons. The Labute approximate surface area is 159 Å². The molecule has 0 amide bonds. The van der Waals surface area contributed by atoms with Crippen LogP contribution in [0.25, 0.3) is 0 Å². The predicted octanol–water partition coefficient (Wildman–Crippen LogP) is 3.96. The second-order valence-electron chi connectivity index (χ2n) is 6.54. The number of ether oxygens (including phenoxy) is 2. The van der Waals surface area contributed by atoms with Crippen molar-refractivity contribution in [2.75, 3.05) is 13.7 Å². The molecule has 1 unspecified atom stereocenters. The van der Waals surface area contributed by atoms with Gasteiger partial charge >= 0.3 is 0 Å². The Morgan fingerprint density at radius 3 is 2.48 bits per heavy atom. The van der Waals surface area contributed by atoms with E-state index in [0.29, 0.717) is 13.2 Å². The number of benzene rings is 2. The lowest BCUT2D eigenvalue weighted by Gasteiger charge is -2.38. The summed E-state index contributed by atoms with van der Waals surface area (Å²) in [4.78, 5) is 15.0. The Kier molecular flexibility index (Phi) is 4.65. The molecule has 0 aliphatic carbocycles. The molecule has 2 aromatic carbocycles. The van der Waals surface area contributed by atoms with Gasteiger partial charge < -0.3 is 14.4 Å². The van der Waals surface area contributed by atoms with E-state index in [4.69, 9.17) is 9.47 Å². The molecule has 0 N–H and O–H groups in total. The number of hydrogen-bond acceptors (Lipinski definition) is 4. The molecule has 2 aliphatic heterocycles. The lowest BCUT2D eigenvalue weighted by molar-refractivity contribution is -0.120. The van der Waals surface area contributed by atoms with Crippen molar-refractivity contribution in [3.05, 3.63) is 102 Å². The van der Waals surface area contributed by atoms with E-state index in [-0.39, 0.29) is 5.78 Å². The summed E-state index contributed by atoms with van der Waals surface area (Å²) in [5, 5.41) is 0. The van der Waals surface area contributed by atoms with E-state index in [1.54, 1.807) is 13.2 Å². The first-order valence-corrected chi connectivity index (χ1v) is 8.90. The largest absolute Gasteiger partial charge is 0.497 e. The van der Waals surface area contributed by atoms with Crippen LogP contribution in [-0.2, 0) is 21.7 Å². The summed E-state index contributed by atoms with van der Waals surface area (Å²) in [5.41, 5.74) is 2.08. The Morgan fingerprint density at radius 2 is 1.74 bits per heavy atom. The summed E-state index contributed by atoms with van der Waals surface area (Å²) in [5.74, 6) is 0.873. The molecule has 0 aromatic heterocycles. The normalized spacial score (nSPS) is 20.6. The van der Waals surface area contributed by atoms with Gasteiger partial charge in [-0.2, -0.15) is 0 Å². The van der Waals surface area contributed by atoms with Crippen molar-refractivity contribution in [3.8, 4) is 5.75 Å². The molecular formula is C23H21NO3. The number of rotatable bonds is 6. The third kappa shape index (κ3) is 3.09. The molecule has 4 heteroatoms. The highest BCUT2D eigenvalue weighted by Gasteiger charge is 2.47. The maximum Gasteiger partial charge on any atom is 0.191 e. The number of allylic oxidation sites excluding steroid dienone is 2. The Balaban J connectivity index is 1.49. The van der Waals surface area contributed by atoms with Gasteiger partial charge in [0.1, 0.15) is 5.75 Å². The molecule has 27 heavy (non-hydrogen) atoms. The highest BCUT2D eigenvalue weighted by Crippen LogP contribution is 2.41. The van der Waals surface area contributed by atoms with Crippen molar-refractivity contribution >= 4 is 5.78 Å². The number of fused-ring (bicyclic) bond motifs is 1. The fourth-order valence-electron chi connectivity index (χ4n) is 3.56. The SMILES string of the molecule is COc1ccc(COCC2=CC(=O)C3(c4ccccc4)C=CC=CN23)cc1. The van der Waals surface area contributed by atoms with E-state index >= 15 is 0 Å². The quantitative estimate of drug-likeness (QED) is 0.783. The van der Waals surface area contributed by atoms with Crippen molar-refractivity contribution in [1.29, 1.82) is 0 Å². The standard InChI is InChI=1S/C23H21NO3/c1-26-21-11-9-18(10-12-21)16-27-17-20-15-22(25)23(13-5-6-14-24(20)23)19-7-3-2-4-8-19/h2-15H,16-17H2,1H3. The molecule has 0 saturated heterocycles. The van der Waals surface area contributed by atoms with Gasteiger partial charge in [-0.25, -0.2) is 0 Å². The fraction of sp³-hybridized carbons (Fsp3) is 0.174. The highest BCUT2D eigenvalue weighted by molar-refractivity contribution is 6.04. The van der Waals surface area contributed by atoms with Gasteiger partial charge in [0, 0.05) is 18.0 Å². The first-order chi connectivity index (χ1) is 13.2. The number of nitrogens with zero attached hydrogens (tertiary/aromatic N) is 1. The van der Waals surface area contributed by atoms with Gasteiger partial charge in [-0.15, -0.1) is 0 Å². The second-order valence-corrected chi connectivity index (χ2v) is 6.54. The number of carbonyl (C=O) groups is 1. The zero-order chi connectivity index (χ0) is 18.7. The van der Waals surface area contributed by atoms with Gasteiger partial charge in [-0.05, 0) is 35.4 Å². The van der Waals surface area contributed by atoms with Crippen LogP contribution in [0, 0.1) is 0 Å². The van der Waals surface area contributed by atoms with Gasteiger partial charge in [-0.3, -0.25) is 4.79 Å². The zero-order valence-corrected chi connectivity index (χ0v) is 15.2. The van der Waals surface area contributed by atoms with Crippen LogP contribution in [0.5, 0.6) is 5.75 Å². The summed E-state index contributed by atoms with van der Waals surface area (Å²) in [6.07, 6.45) is 9.46. The summed E-state index contributed by atoms with van der Waals surface area (Å²) < 4.78 is 11.1. The number of carbonyl (C=O) groups excluding carboxylic acids is 1. The Bertz CT molecular complexity index is 912. The smallest absolute Gasteiger partial charge is 0.191 e. The average molecular weight is 359 g/mol. The van der Waals surface area contributed by atoms with Crippen LogP contribution in [0.1, 0.15) is 11.1 Å². The topological polar surface area (TPSA) is 38.8 Å². The fourth-order valence-corrected chi connectivity index (χ4v) is 3.56. The van der Waals surface area contributed by atoms with E-state index in [1.165, 1.54) is 0 Å². The molecule has 0 bridgehead atoms. The van der Waals surface area contributed by atoms with Crippen LogP contribution in [0.3, 0.4) is 0 Å². The van der Waals surface area contributed by atoms with Crippen molar-refractivity contribution in [2.45, 2.75) is 12.1 Å². The monoisotopic (exact) mass is 359 g/mol. The van der Waals surface area contributed by atoms with Gasteiger partial charge in [0.25, 0.3) is 0 Å². The van der Waals surface area contributed by atoms with Crippen LogP contribution < -0.4 is 4.74 Å². The first kappa shape index (κ1) is 17.3. The van der Waals surface area contributed by atoms with Crippen LogP contribution in [-0.4, -0.2) is 24.4 Å². The van der Waals surface area contributed by atoms with E-state index in [1.807, 2.05) is 83.9 Å². The Morgan fingerprint density at radius 1 is 0.963 bits per heavy atom. The number of methoxy groups -OCH3 is 1. The lowest BCUT2D eigenvalue weighted by Crippen LogP contribution is -2.43. The van der Waals surface area contributed by atoms with Crippen LogP contribution in [0.2, 0.25) is 0 Å². The maximum atomic E-state index is 13.0. The molecule has 136 valence electrons. The van der Waals surface area contributed by atoms with Crippen LogP contribution in [0.15, 0.2) is 90.8 Å². The van der Waals surface area contributed by atoms with Crippen LogP contribution in [0.4, 0.5) is 0 Å². The number of hydrogen-bond donors (Lipinski definition) is 0. The van der Waals surface area contributed by atoms with Gasteiger partial charge in [0.15, 0.2) is 11.3 Å². The lowest BCUT2D eigenvalue weighted by atomic mass is 9.84. The summed E-state index contributed by atoms with van der Waals surface area (Å²) in [6.45, 7) is 0.839. The second kappa shape index (κ2) is 7.25. The zero-order valence-electron chi connectivity index (χ0n) is 15.2. The first-order valence-electron chi connectivity index (χ1n) is 8.90. The molecule has 0 fully saturated rings. The molecule has 0 saturated carbocycles. The van der Waals surface area contributed by atoms with E-state index < -0.39 is 5.54 Å². The molecule has 1 atom stereocenters. The van der Waals surface area contributed by atoms with Crippen molar-refractivity contribution in [2.24, 2.45) is 0 Å². The summed E-state index contributed by atoms with van der Waals surface area (Å²) in [6, 6.07) is 17.6. The minimum absolute atomic E-state index is 0.0531. The Hall–Kier alpha value is -3.11. The summed E-state index contributed by atoms with van der Waals surface area (Å²) >= 11 is 0. The van der Waals surface area contributed by atoms with Gasteiger partial charge in [0.2, 0.25) is 0 Å². The summed E-state index contributed by atoms with van der Waals surface area (Å²) in [7, 11) is 1.65. The minimum atomic E-state index is -0.797. The third-order valence-corrected chi connectivity index (χ3v) is 4.94. The molecule has 2 heterocycles. The molecule has 2 aliphatic rings. The van der Waals surface area contributed by atoms with Crippen molar-refractivity contribution in [1.82, 2.24) is 4.90 Å². The van der Waals surface area contributed by atoms with Crippen molar-refractivity contribution in [3.63, 3.8) is 0 Å².